The summed E-state index contributed by atoms with van der Waals surface area (Å²) in [5.74, 6) is 0.468. The molecule has 1 fully saturated rings. The van der Waals surface area contributed by atoms with Gasteiger partial charge in [-0.1, -0.05) is 48.0 Å². The van der Waals surface area contributed by atoms with Gasteiger partial charge in [-0.25, -0.2) is 0 Å². The smallest absolute Gasteiger partial charge is 0.485 e. The Hall–Kier alpha value is -3.32. The van der Waals surface area contributed by atoms with Crippen molar-refractivity contribution in [2.45, 2.75) is 43.1 Å². The second-order valence-corrected chi connectivity index (χ2v) is 9.31. The highest BCUT2D eigenvalue weighted by atomic mass is 35.5. The highest BCUT2D eigenvalue weighted by Gasteiger charge is 2.53. The van der Waals surface area contributed by atoms with Gasteiger partial charge in [0, 0.05) is 17.0 Å². The third-order valence-corrected chi connectivity index (χ3v) is 6.91. The quantitative estimate of drug-likeness (QED) is 0.489. The van der Waals surface area contributed by atoms with Crippen molar-refractivity contribution in [3.05, 3.63) is 88.4 Å². The number of nitrogens with one attached hydrogen (secondary N) is 1. The molecule has 1 amide bonds. The molecule has 3 aromatic carbocycles. The molecule has 2 heterocycles. The van der Waals surface area contributed by atoms with Crippen LogP contribution >= 0.6 is 11.6 Å². The van der Waals surface area contributed by atoms with Crippen LogP contribution in [0.5, 0.6) is 17.2 Å². The minimum absolute atomic E-state index is 0.0346. The summed E-state index contributed by atoms with van der Waals surface area (Å²) in [6.07, 6.45) is -2.19. The van der Waals surface area contributed by atoms with Gasteiger partial charge in [0.25, 0.3) is 0 Å². The van der Waals surface area contributed by atoms with E-state index in [9.17, 15) is 13.6 Å². The molecule has 0 saturated heterocycles. The average Bonchev–Trinajstić information content (AvgIpc) is 3.56. The van der Waals surface area contributed by atoms with E-state index in [2.05, 4.69) is 14.8 Å². The van der Waals surface area contributed by atoms with E-state index in [0.717, 1.165) is 11.1 Å². The van der Waals surface area contributed by atoms with Crippen molar-refractivity contribution >= 4 is 17.5 Å². The van der Waals surface area contributed by atoms with E-state index in [4.69, 9.17) is 16.3 Å². The lowest BCUT2D eigenvalue weighted by molar-refractivity contribution is -0.286. The minimum Gasteiger partial charge on any atom is -0.485 e. The number of carbonyl (C=O) groups excluding carboxylic acids is 1. The second-order valence-electron chi connectivity index (χ2n) is 8.87. The van der Waals surface area contributed by atoms with E-state index in [0.29, 0.717) is 35.6 Å². The molecule has 34 heavy (non-hydrogen) atoms. The molecule has 174 valence electrons. The fourth-order valence-corrected chi connectivity index (χ4v) is 4.98. The predicted octanol–water partition coefficient (Wildman–Crippen LogP) is 6.07. The van der Waals surface area contributed by atoms with Gasteiger partial charge in [0.15, 0.2) is 11.5 Å². The number of alkyl halides is 2. The number of hydrogen-bond donors (Lipinski definition) is 1. The second kappa shape index (κ2) is 7.60. The van der Waals surface area contributed by atoms with Crippen LogP contribution in [-0.4, -0.2) is 12.2 Å². The zero-order chi connectivity index (χ0) is 23.5. The molecule has 8 heteroatoms. The molecule has 2 unspecified atom stereocenters. The number of amides is 1. The van der Waals surface area contributed by atoms with Crippen molar-refractivity contribution in [1.29, 1.82) is 0 Å². The number of rotatable bonds is 4. The molecule has 0 radical (unpaired) electrons. The third kappa shape index (κ3) is 3.64. The molecule has 6 rings (SSSR count). The molecule has 2 atom stereocenters. The van der Waals surface area contributed by atoms with Crippen molar-refractivity contribution < 1.29 is 27.8 Å². The maximum Gasteiger partial charge on any atom is 0.586 e. The van der Waals surface area contributed by atoms with Crippen molar-refractivity contribution in [2.75, 3.05) is 0 Å². The van der Waals surface area contributed by atoms with E-state index in [-0.39, 0.29) is 29.6 Å². The molecule has 1 saturated carbocycles. The summed E-state index contributed by atoms with van der Waals surface area (Å²) in [7, 11) is 0. The fourth-order valence-electron chi connectivity index (χ4n) is 4.78. The van der Waals surface area contributed by atoms with E-state index >= 15 is 0 Å². The van der Waals surface area contributed by atoms with Crippen LogP contribution in [0.3, 0.4) is 0 Å². The SMILES string of the molecule is O=C(NC1CC(c2cccc(Cl)c2)Oc2ccccc21)C1(c2ccc3c(c2)OC(F)(F)O3)CC1. The normalized spacial score (nSPS) is 22.9. The molecular weight excluding hydrogens is 464 g/mol. The molecule has 2 aliphatic heterocycles. The molecule has 0 aromatic heterocycles. The van der Waals surface area contributed by atoms with E-state index in [1.165, 1.54) is 12.1 Å². The molecule has 0 bridgehead atoms. The topological polar surface area (TPSA) is 56.8 Å². The van der Waals surface area contributed by atoms with Gasteiger partial charge in [0.1, 0.15) is 11.9 Å². The van der Waals surface area contributed by atoms with E-state index < -0.39 is 11.7 Å². The van der Waals surface area contributed by atoms with Crippen LogP contribution in [0, 0.1) is 0 Å². The number of fused-ring (bicyclic) bond motifs is 2. The lowest BCUT2D eigenvalue weighted by atomic mass is 9.90. The van der Waals surface area contributed by atoms with Gasteiger partial charge in [-0.2, -0.15) is 0 Å². The third-order valence-electron chi connectivity index (χ3n) is 6.68. The number of para-hydroxylation sites is 1. The number of carbonyl (C=O) groups is 1. The number of benzene rings is 3. The van der Waals surface area contributed by atoms with Gasteiger partial charge in [-0.05, 0) is 54.3 Å². The Morgan fingerprint density at radius 1 is 0.941 bits per heavy atom. The zero-order valence-electron chi connectivity index (χ0n) is 17.9. The highest BCUT2D eigenvalue weighted by molar-refractivity contribution is 6.30. The van der Waals surface area contributed by atoms with Crippen LogP contribution in [-0.2, 0) is 10.2 Å². The van der Waals surface area contributed by atoms with Gasteiger partial charge in [0.05, 0.1) is 11.5 Å². The van der Waals surface area contributed by atoms with Crippen molar-refractivity contribution in [3.8, 4) is 17.2 Å². The monoisotopic (exact) mass is 483 g/mol. The first-order valence-corrected chi connectivity index (χ1v) is 11.4. The Kier molecular flexibility index (Phi) is 4.74. The maximum atomic E-state index is 13.5. The molecule has 0 spiro atoms. The van der Waals surface area contributed by atoms with Crippen LogP contribution < -0.4 is 19.5 Å². The van der Waals surface area contributed by atoms with Crippen LogP contribution in [0.2, 0.25) is 5.02 Å². The molecular formula is C26H20ClF2NO4. The standard InChI is InChI=1S/C26H20ClF2NO4/c27-17-5-3-4-15(12-17)22-14-19(18-6-1-2-7-20(18)32-22)30-24(31)25(10-11-25)16-8-9-21-23(13-16)34-26(28,29)33-21/h1-9,12-13,19,22H,10-11,14H2,(H,30,31). The summed E-state index contributed by atoms with van der Waals surface area (Å²) in [5.41, 5.74) is 1.68. The Labute approximate surface area is 199 Å². The van der Waals surface area contributed by atoms with Crippen molar-refractivity contribution in [2.24, 2.45) is 0 Å². The van der Waals surface area contributed by atoms with Crippen molar-refractivity contribution in [1.82, 2.24) is 5.32 Å². The fraction of sp³-hybridized carbons (Fsp3) is 0.269. The predicted molar refractivity (Wildman–Crippen MR) is 120 cm³/mol. The molecule has 1 aliphatic carbocycles. The Balaban J connectivity index is 1.27. The van der Waals surface area contributed by atoms with Gasteiger partial charge in [-0.3, -0.25) is 4.79 Å². The molecule has 5 nitrogen and oxygen atoms in total. The number of ether oxygens (including phenoxy) is 3. The largest absolute Gasteiger partial charge is 0.586 e. The Morgan fingerprint density at radius 3 is 2.53 bits per heavy atom. The summed E-state index contributed by atoms with van der Waals surface area (Å²) in [6, 6.07) is 19.4. The lowest BCUT2D eigenvalue weighted by Crippen LogP contribution is -2.39. The molecule has 3 aliphatic rings. The van der Waals surface area contributed by atoms with E-state index in [1.807, 2.05) is 42.5 Å². The molecule has 1 N–H and O–H groups in total. The number of halogens is 3. The maximum absolute atomic E-state index is 13.5. The summed E-state index contributed by atoms with van der Waals surface area (Å²) in [6.45, 7) is 0. The van der Waals surface area contributed by atoms with E-state index in [1.54, 1.807) is 12.1 Å². The summed E-state index contributed by atoms with van der Waals surface area (Å²) >= 11 is 6.19. The highest BCUT2D eigenvalue weighted by Crippen LogP contribution is 2.52. The van der Waals surface area contributed by atoms with Crippen molar-refractivity contribution in [3.63, 3.8) is 0 Å². The van der Waals surface area contributed by atoms with Gasteiger partial charge in [0.2, 0.25) is 5.91 Å². The minimum atomic E-state index is -3.69. The van der Waals surface area contributed by atoms with Crippen LogP contribution in [0.1, 0.15) is 48.1 Å². The summed E-state index contributed by atoms with van der Waals surface area (Å²) < 4.78 is 42.2. The Bertz CT molecular complexity index is 1290. The number of hydrogen-bond acceptors (Lipinski definition) is 4. The first-order chi connectivity index (χ1) is 16.3. The summed E-state index contributed by atoms with van der Waals surface area (Å²) in [4.78, 5) is 13.5. The molecule has 3 aromatic rings. The van der Waals surface area contributed by atoms with Gasteiger partial charge < -0.3 is 19.5 Å². The van der Waals surface area contributed by atoms with Gasteiger partial charge in [-0.15, -0.1) is 8.78 Å². The summed E-state index contributed by atoms with van der Waals surface area (Å²) in [5, 5.41) is 3.82. The lowest BCUT2D eigenvalue weighted by Gasteiger charge is -2.34. The van der Waals surface area contributed by atoms with Crippen LogP contribution in [0.25, 0.3) is 0 Å². The zero-order valence-corrected chi connectivity index (χ0v) is 18.6. The van der Waals surface area contributed by atoms with Crippen LogP contribution in [0.15, 0.2) is 66.7 Å². The first-order valence-electron chi connectivity index (χ1n) is 11.1. The van der Waals surface area contributed by atoms with Gasteiger partial charge >= 0.3 is 6.29 Å². The van der Waals surface area contributed by atoms with Crippen LogP contribution in [0.4, 0.5) is 8.78 Å². The first kappa shape index (κ1) is 21.2. The average molecular weight is 484 g/mol. The Morgan fingerprint density at radius 2 is 1.74 bits per heavy atom.